The molecule has 4 rings (SSSR count). The van der Waals surface area contributed by atoms with E-state index in [4.69, 9.17) is 14.2 Å². The number of imide groups is 1. The minimum Gasteiger partial charge on any atom is -0.486 e. The maximum atomic E-state index is 12.6. The van der Waals surface area contributed by atoms with E-state index in [1.165, 1.54) is 0 Å². The van der Waals surface area contributed by atoms with Gasteiger partial charge in [-0.25, -0.2) is 4.79 Å². The normalized spacial score (nSPS) is 13.9. The molecule has 0 saturated heterocycles. The molecule has 180 valence electrons. The number of fused-ring (bicyclic) bond motifs is 1. The van der Waals surface area contributed by atoms with Crippen LogP contribution in [-0.4, -0.2) is 43.7 Å². The highest BCUT2D eigenvalue weighted by molar-refractivity contribution is 5.97. The van der Waals surface area contributed by atoms with E-state index in [0.717, 1.165) is 5.56 Å². The summed E-state index contributed by atoms with van der Waals surface area (Å²) in [7, 11) is 0. The Balaban J connectivity index is 1.21. The SMILES string of the molecule is O=C(COc1ccccc1C(=O)NCc1ccccc1)NC(=O)NC[C@@H]1COc2ccccc2O1. The van der Waals surface area contributed by atoms with E-state index in [1.807, 2.05) is 42.5 Å². The topological polar surface area (TPSA) is 115 Å². The molecule has 9 heteroatoms. The van der Waals surface area contributed by atoms with Gasteiger partial charge in [-0.05, 0) is 29.8 Å². The van der Waals surface area contributed by atoms with Gasteiger partial charge in [0.15, 0.2) is 24.2 Å². The summed E-state index contributed by atoms with van der Waals surface area (Å²) < 4.78 is 16.9. The second-order valence-electron chi connectivity index (χ2n) is 7.71. The fraction of sp³-hybridized carbons (Fsp3) is 0.192. The molecule has 9 nitrogen and oxygen atoms in total. The average Bonchev–Trinajstić information content (AvgIpc) is 2.90. The molecule has 0 spiro atoms. The molecular weight excluding hydrogens is 450 g/mol. The zero-order valence-corrected chi connectivity index (χ0v) is 18.9. The average molecular weight is 476 g/mol. The lowest BCUT2D eigenvalue weighted by Gasteiger charge is -2.26. The van der Waals surface area contributed by atoms with Crippen molar-refractivity contribution in [1.82, 2.24) is 16.0 Å². The molecule has 0 aromatic heterocycles. The van der Waals surface area contributed by atoms with Gasteiger partial charge in [0.25, 0.3) is 11.8 Å². The summed E-state index contributed by atoms with van der Waals surface area (Å²) in [5.74, 6) is 0.489. The van der Waals surface area contributed by atoms with E-state index in [1.54, 1.807) is 36.4 Å². The summed E-state index contributed by atoms with van der Waals surface area (Å²) >= 11 is 0. The van der Waals surface area contributed by atoms with Gasteiger partial charge in [-0.2, -0.15) is 0 Å². The molecule has 3 aromatic rings. The Morgan fingerprint density at radius 1 is 0.857 bits per heavy atom. The second kappa shape index (κ2) is 11.6. The fourth-order valence-corrected chi connectivity index (χ4v) is 3.37. The summed E-state index contributed by atoms with van der Waals surface area (Å²) in [6.45, 7) is 0.346. The first-order valence-corrected chi connectivity index (χ1v) is 11.1. The number of hydrogen-bond acceptors (Lipinski definition) is 6. The lowest BCUT2D eigenvalue weighted by Crippen LogP contribution is -2.47. The highest BCUT2D eigenvalue weighted by atomic mass is 16.6. The standard InChI is InChI=1S/C26H25N3O6/c30-24(29-26(32)28-15-19-16-33-22-12-6-7-13-23(22)35-19)17-34-21-11-5-4-10-20(21)25(31)27-14-18-8-2-1-3-9-18/h1-13,19H,14-17H2,(H,27,31)(H2,28,29,30,32)/t19-/m1/s1. The van der Waals surface area contributed by atoms with Crippen LogP contribution in [0.2, 0.25) is 0 Å². The van der Waals surface area contributed by atoms with Crippen LogP contribution in [0.15, 0.2) is 78.9 Å². The zero-order valence-electron chi connectivity index (χ0n) is 18.9. The van der Waals surface area contributed by atoms with Crippen LogP contribution in [0.4, 0.5) is 4.79 Å². The van der Waals surface area contributed by atoms with Crippen LogP contribution >= 0.6 is 0 Å². The Morgan fingerprint density at radius 2 is 1.57 bits per heavy atom. The Labute approximate surface area is 202 Å². The summed E-state index contributed by atoms with van der Waals surface area (Å²) in [4.78, 5) is 36.9. The van der Waals surface area contributed by atoms with E-state index >= 15 is 0 Å². The Morgan fingerprint density at radius 3 is 2.40 bits per heavy atom. The highest BCUT2D eigenvalue weighted by Gasteiger charge is 2.21. The van der Waals surface area contributed by atoms with Crippen LogP contribution in [0.3, 0.4) is 0 Å². The number of amides is 4. The monoisotopic (exact) mass is 475 g/mol. The van der Waals surface area contributed by atoms with Gasteiger partial charge < -0.3 is 24.8 Å². The van der Waals surface area contributed by atoms with Gasteiger partial charge in [-0.1, -0.05) is 54.6 Å². The van der Waals surface area contributed by atoms with Gasteiger partial charge in [0.2, 0.25) is 0 Å². The minimum absolute atomic E-state index is 0.152. The maximum absolute atomic E-state index is 12.6. The Bertz CT molecular complexity index is 1180. The molecular formula is C26H25N3O6. The molecule has 1 aliphatic rings. The number of carbonyl (C=O) groups is 3. The quantitative estimate of drug-likeness (QED) is 0.462. The van der Waals surface area contributed by atoms with E-state index in [2.05, 4.69) is 16.0 Å². The van der Waals surface area contributed by atoms with Crippen molar-refractivity contribution in [1.29, 1.82) is 0 Å². The van der Waals surface area contributed by atoms with Crippen LogP contribution < -0.4 is 30.2 Å². The molecule has 35 heavy (non-hydrogen) atoms. The van der Waals surface area contributed by atoms with Gasteiger partial charge in [-0.3, -0.25) is 14.9 Å². The highest BCUT2D eigenvalue weighted by Crippen LogP contribution is 2.30. The van der Waals surface area contributed by atoms with Crippen LogP contribution in [0, 0.1) is 0 Å². The van der Waals surface area contributed by atoms with Crippen molar-refractivity contribution >= 4 is 17.8 Å². The largest absolute Gasteiger partial charge is 0.486 e. The number of nitrogens with one attached hydrogen (secondary N) is 3. The molecule has 3 aromatic carbocycles. The van der Waals surface area contributed by atoms with Crippen LogP contribution in [0.25, 0.3) is 0 Å². The molecule has 0 saturated carbocycles. The Kier molecular flexibility index (Phi) is 7.80. The molecule has 4 amide bonds. The predicted octanol–water partition coefficient (Wildman–Crippen LogP) is 2.66. The zero-order chi connectivity index (χ0) is 24.5. The molecule has 0 aliphatic carbocycles. The first-order valence-electron chi connectivity index (χ1n) is 11.1. The molecule has 0 radical (unpaired) electrons. The van der Waals surface area contributed by atoms with Crippen LogP contribution in [-0.2, 0) is 11.3 Å². The second-order valence-corrected chi connectivity index (χ2v) is 7.71. The summed E-state index contributed by atoms with van der Waals surface area (Å²) in [5.41, 5.74) is 1.24. The van der Waals surface area contributed by atoms with Gasteiger partial charge in [0.1, 0.15) is 12.4 Å². The van der Waals surface area contributed by atoms with Gasteiger partial charge in [0.05, 0.1) is 12.1 Å². The predicted molar refractivity (Wildman–Crippen MR) is 127 cm³/mol. The van der Waals surface area contributed by atoms with Crippen molar-refractivity contribution in [3.05, 3.63) is 90.0 Å². The summed E-state index contributed by atoms with van der Waals surface area (Å²) in [6.07, 6.45) is -0.386. The number of hydrogen-bond donors (Lipinski definition) is 3. The summed E-state index contributed by atoms with van der Waals surface area (Å²) in [6, 6.07) is 22.6. The van der Waals surface area contributed by atoms with Crippen molar-refractivity contribution in [2.45, 2.75) is 12.6 Å². The lowest BCUT2D eigenvalue weighted by atomic mass is 10.1. The maximum Gasteiger partial charge on any atom is 0.321 e. The molecule has 1 aliphatic heterocycles. The van der Waals surface area contributed by atoms with Crippen molar-refractivity contribution < 1.29 is 28.6 Å². The molecule has 1 atom stereocenters. The molecule has 3 N–H and O–H groups in total. The van der Waals surface area contributed by atoms with Gasteiger partial charge in [-0.15, -0.1) is 0 Å². The molecule has 0 unspecified atom stereocenters. The first-order chi connectivity index (χ1) is 17.1. The molecule has 0 fully saturated rings. The summed E-state index contributed by atoms with van der Waals surface area (Å²) in [5, 5.41) is 7.60. The molecule has 1 heterocycles. The molecule has 0 bridgehead atoms. The van der Waals surface area contributed by atoms with Crippen molar-refractivity contribution in [2.24, 2.45) is 0 Å². The third-order valence-corrected chi connectivity index (χ3v) is 5.10. The van der Waals surface area contributed by atoms with Crippen LogP contribution in [0.1, 0.15) is 15.9 Å². The fourth-order valence-electron chi connectivity index (χ4n) is 3.37. The minimum atomic E-state index is -0.685. The van der Waals surface area contributed by atoms with E-state index in [-0.39, 0.29) is 36.5 Å². The van der Waals surface area contributed by atoms with E-state index < -0.39 is 18.5 Å². The van der Waals surface area contributed by atoms with Crippen molar-refractivity contribution in [3.8, 4) is 17.2 Å². The van der Waals surface area contributed by atoms with Crippen molar-refractivity contribution in [3.63, 3.8) is 0 Å². The number of urea groups is 1. The first kappa shape index (κ1) is 23.6. The number of ether oxygens (including phenoxy) is 3. The number of rotatable bonds is 8. The van der Waals surface area contributed by atoms with Gasteiger partial charge >= 0.3 is 6.03 Å². The number of para-hydroxylation sites is 3. The lowest BCUT2D eigenvalue weighted by molar-refractivity contribution is -0.122. The van der Waals surface area contributed by atoms with E-state index in [0.29, 0.717) is 18.0 Å². The van der Waals surface area contributed by atoms with Crippen LogP contribution in [0.5, 0.6) is 17.2 Å². The van der Waals surface area contributed by atoms with Gasteiger partial charge in [0, 0.05) is 6.54 Å². The third kappa shape index (κ3) is 6.73. The number of benzene rings is 3. The smallest absolute Gasteiger partial charge is 0.321 e. The third-order valence-electron chi connectivity index (χ3n) is 5.10. The Hall–Kier alpha value is -4.53. The number of carbonyl (C=O) groups excluding carboxylic acids is 3. The van der Waals surface area contributed by atoms with E-state index in [9.17, 15) is 14.4 Å². The van der Waals surface area contributed by atoms with Crippen molar-refractivity contribution in [2.75, 3.05) is 19.8 Å².